The van der Waals surface area contributed by atoms with Crippen molar-refractivity contribution in [3.8, 4) is 11.5 Å². The molecule has 3 aromatic carbocycles. The molecule has 7 nitrogen and oxygen atoms in total. The number of carbonyl (C=O) groups is 1. The Labute approximate surface area is 232 Å². The molecule has 37 heavy (non-hydrogen) atoms. The van der Waals surface area contributed by atoms with E-state index in [4.69, 9.17) is 21.1 Å². The highest BCUT2D eigenvalue weighted by atomic mass is 35.5. The number of ether oxygens (including phenoxy) is 2. The van der Waals surface area contributed by atoms with Crippen LogP contribution in [0.2, 0.25) is 5.02 Å². The van der Waals surface area contributed by atoms with E-state index in [0.29, 0.717) is 23.1 Å². The molecule has 0 saturated carbocycles. The quantitative estimate of drug-likeness (QED) is 0.121. The average Bonchev–Trinajstić information content (AvgIpc) is 3.39. The van der Waals surface area contributed by atoms with Crippen molar-refractivity contribution < 1.29 is 14.3 Å². The molecule has 0 bridgehead atoms. The van der Waals surface area contributed by atoms with E-state index >= 15 is 0 Å². The second-order valence-corrected chi connectivity index (χ2v) is 11.4. The standard InChI is InChI=1S/C26H23ClN4O3S3/c1-33-22-12-9-20(13-23(22)34-15-18-5-3-2-4-6-18)14-28-29-24(32)17-36-26-31-30-25(37-26)35-16-19-7-10-21(27)11-8-19/h2-14H,15-17H2,1H3,(H,29,32). The van der Waals surface area contributed by atoms with Crippen LogP contribution in [0, 0.1) is 0 Å². The molecule has 1 aromatic heterocycles. The molecular weight excluding hydrogens is 548 g/mol. The summed E-state index contributed by atoms with van der Waals surface area (Å²) in [6.45, 7) is 0.415. The van der Waals surface area contributed by atoms with Gasteiger partial charge in [0.05, 0.1) is 19.1 Å². The van der Waals surface area contributed by atoms with Gasteiger partial charge in [-0.25, -0.2) is 5.43 Å². The second-order valence-electron chi connectivity index (χ2n) is 7.52. The molecular formula is C26H23ClN4O3S3. The first-order valence-electron chi connectivity index (χ1n) is 11.1. The van der Waals surface area contributed by atoms with Gasteiger partial charge in [0.15, 0.2) is 20.2 Å². The van der Waals surface area contributed by atoms with Crippen molar-refractivity contribution in [3.63, 3.8) is 0 Å². The van der Waals surface area contributed by atoms with E-state index in [1.165, 1.54) is 23.1 Å². The fourth-order valence-electron chi connectivity index (χ4n) is 3.00. The highest BCUT2D eigenvalue weighted by Gasteiger charge is 2.09. The molecule has 4 rings (SSSR count). The molecule has 1 N–H and O–H groups in total. The molecule has 0 spiro atoms. The van der Waals surface area contributed by atoms with Crippen molar-refractivity contribution in [1.82, 2.24) is 15.6 Å². The zero-order valence-corrected chi connectivity index (χ0v) is 23.0. The summed E-state index contributed by atoms with van der Waals surface area (Å²) in [6.07, 6.45) is 1.56. The number of hydrogen-bond acceptors (Lipinski definition) is 9. The van der Waals surface area contributed by atoms with Gasteiger partial charge >= 0.3 is 0 Å². The van der Waals surface area contributed by atoms with Gasteiger partial charge in [-0.05, 0) is 47.0 Å². The predicted molar refractivity (Wildman–Crippen MR) is 151 cm³/mol. The number of methoxy groups -OCH3 is 1. The summed E-state index contributed by atoms with van der Waals surface area (Å²) < 4.78 is 12.9. The van der Waals surface area contributed by atoms with Gasteiger partial charge in [-0.1, -0.05) is 88.9 Å². The molecule has 4 aromatic rings. The lowest BCUT2D eigenvalue weighted by Gasteiger charge is -2.11. The maximum Gasteiger partial charge on any atom is 0.250 e. The number of thioether (sulfide) groups is 2. The van der Waals surface area contributed by atoms with Gasteiger partial charge in [-0.2, -0.15) is 5.10 Å². The Morgan fingerprint density at radius 3 is 2.51 bits per heavy atom. The van der Waals surface area contributed by atoms with Crippen LogP contribution in [0.3, 0.4) is 0 Å². The van der Waals surface area contributed by atoms with Gasteiger partial charge in [-0.3, -0.25) is 4.79 Å². The Balaban J connectivity index is 1.23. The lowest BCUT2D eigenvalue weighted by atomic mass is 10.2. The molecule has 0 fully saturated rings. The number of rotatable bonds is 12. The first kappa shape index (κ1) is 27.0. The summed E-state index contributed by atoms with van der Waals surface area (Å²) in [6, 6.07) is 23.0. The Morgan fingerprint density at radius 2 is 1.76 bits per heavy atom. The van der Waals surface area contributed by atoms with Crippen LogP contribution in [0.4, 0.5) is 0 Å². The van der Waals surface area contributed by atoms with E-state index in [-0.39, 0.29) is 11.7 Å². The van der Waals surface area contributed by atoms with Gasteiger partial charge in [0.2, 0.25) is 0 Å². The SMILES string of the molecule is COc1ccc(C=NNC(=O)CSc2nnc(SCc3ccc(Cl)cc3)s2)cc1OCc1ccccc1. The Morgan fingerprint density at radius 1 is 1.00 bits per heavy atom. The third-order valence-corrected chi connectivity index (χ3v) is 8.33. The van der Waals surface area contributed by atoms with E-state index in [1.54, 1.807) is 31.2 Å². The van der Waals surface area contributed by atoms with Crippen molar-refractivity contribution in [1.29, 1.82) is 0 Å². The summed E-state index contributed by atoms with van der Waals surface area (Å²) in [5, 5.41) is 13.1. The fourth-order valence-corrected chi connectivity index (χ4v) is 5.89. The number of amides is 1. The first-order chi connectivity index (χ1) is 18.1. The number of nitrogens with one attached hydrogen (secondary N) is 1. The van der Waals surface area contributed by atoms with Crippen LogP contribution in [0.5, 0.6) is 11.5 Å². The number of hydrazone groups is 1. The Bertz CT molecular complexity index is 1330. The molecule has 0 unspecified atom stereocenters. The van der Waals surface area contributed by atoms with Crippen LogP contribution in [0.1, 0.15) is 16.7 Å². The van der Waals surface area contributed by atoms with Crippen LogP contribution in [0.15, 0.2) is 86.6 Å². The molecule has 190 valence electrons. The van der Waals surface area contributed by atoms with Crippen LogP contribution in [0.25, 0.3) is 0 Å². The largest absolute Gasteiger partial charge is 0.493 e. The number of halogens is 1. The lowest BCUT2D eigenvalue weighted by molar-refractivity contribution is -0.118. The molecule has 1 heterocycles. The fraction of sp³-hybridized carbons (Fsp3) is 0.154. The van der Waals surface area contributed by atoms with Crippen LogP contribution in [-0.2, 0) is 17.2 Å². The monoisotopic (exact) mass is 570 g/mol. The molecule has 1 amide bonds. The Hall–Kier alpha value is -3.05. The maximum absolute atomic E-state index is 12.2. The van der Waals surface area contributed by atoms with Gasteiger partial charge in [0.1, 0.15) is 6.61 Å². The van der Waals surface area contributed by atoms with E-state index in [1.807, 2.05) is 66.7 Å². The minimum absolute atomic E-state index is 0.182. The van der Waals surface area contributed by atoms with E-state index in [9.17, 15) is 4.79 Å². The normalized spacial score (nSPS) is 11.0. The van der Waals surface area contributed by atoms with E-state index < -0.39 is 0 Å². The highest BCUT2D eigenvalue weighted by Crippen LogP contribution is 2.31. The van der Waals surface area contributed by atoms with Crippen molar-refractivity contribution in [2.24, 2.45) is 5.10 Å². The van der Waals surface area contributed by atoms with Crippen LogP contribution >= 0.6 is 46.5 Å². The predicted octanol–water partition coefficient (Wildman–Crippen LogP) is 6.31. The van der Waals surface area contributed by atoms with Gasteiger partial charge < -0.3 is 9.47 Å². The van der Waals surface area contributed by atoms with Crippen molar-refractivity contribution in [2.75, 3.05) is 12.9 Å². The average molecular weight is 571 g/mol. The lowest BCUT2D eigenvalue weighted by Crippen LogP contribution is -2.19. The molecule has 0 aliphatic rings. The number of hydrogen-bond donors (Lipinski definition) is 1. The topological polar surface area (TPSA) is 85.7 Å². The smallest absolute Gasteiger partial charge is 0.250 e. The number of nitrogens with zero attached hydrogens (tertiary/aromatic N) is 3. The number of aromatic nitrogens is 2. The zero-order chi connectivity index (χ0) is 25.9. The maximum atomic E-state index is 12.2. The van der Waals surface area contributed by atoms with Gasteiger partial charge in [-0.15, -0.1) is 10.2 Å². The van der Waals surface area contributed by atoms with Crippen molar-refractivity contribution in [3.05, 3.63) is 94.5 Å². The zero-order valence-electron chi connectivity index (χ0n) is 19.8. The summed E-state index contributed by atoms with van der Waals surface area (Å²) in [5.41, 5.74) is 5.52. The molecule has 0 radical (unpaired) electrons. The summed E-state index contributed by atoms with van der Waals surface area (Å²) in [5.74, 6) is 1.94. The minimum Gasteiger partial charge on any atom is -0.493 e. The first-order valence-corrected chi connectivity index (χ1v) is 14.3. The van der Waals surface area contributed by atoms with Gasteiger partial charge in [0, 0.05) is 10.8 Å². The molecule has 0 saturated heterocycles. The van der Waals surface area contributed by atoms with Crippen molar-refractivity contribution >= 4 is 58.6 Å². The Kier molecular flexibility index (Phi) is 10.2. The third kappa shape index (κ3) is 8.78. The third-order valence-electron chi connectivity index (χ3n) is 4.82. The van der Waals surface area contributed by atoms with Crippen LogP contribution < -0.4 is 14.9 Å². The van der Waals surface area contributed by atoms with Crippen molar-refractivity contribution in [2.45, 2.75) is 21.0 Å². The number of carbonyl (C=O) groups excluding carboxylic acids is 1. The van der Waals surface area contributed by atoms with E-state index in [2.05, 4.69) is 20.7 Å². The number of benzene rings is 3. The van der Waals surface area contributed by atoms with Gasteiger partial charge in [0.25, 0.3) is 5.91 Å². The van der Waals surface area contributed by atoms with E-state index in [0.717, 1.165) is 31.1 Å². The molecule has 0 aliphatic carbocycles. The molecule has 0 atom stereocenters. The minimum atomic E-state index is -0.235. The summed E-state index contributed by atoms with van der Waals surface area (Å²) in [4.78, 5) is 12.2. The molecule has 11 heteroatoms. The second kappa shape index (κ2) is 14.0. The van der Waals surface area contributed by atoms with Crippen LogP contribution in [-0.4, -0.2) is 35.2 Å². The summed E-state index contributed by atoms with van der Waals surface area (Å²) >= 11 is 10.3. The summed E-state index contributed by atoms with van der Waals surface area (Å²) in [7, 11) is 1.59. The molecule has 0 aliphatic heterocycles. The highest BCUT2D eigenvalue weighted by molar-refractivity contribution is 8.03.